The first-order valence-corrected chi connectivity index (χ1v) is 10.3. The highest BCUT2D eigenvalue weighted by Gasteiger charge is 2.14. The fourth-order valence-corrected chi connectivity index (χ4v) is 3.74. The molecule has 0 aliphatic rings. The van der Waals surface area contributed by atoms with Crippen LogP contribution < -0.4 is 4.74 Å². The second-order valence-electron chi connectivity index (χ2n) is 7.33. The molecule has 0 atom stereocenters. The standard InChI is InChI=1S/C24H21FN6O/c1-30-15-20(17-8-12-26-13-9-17)23(29-30)18-4-6-19(7-5-18)32-16-22-28-21-3-2-11-27-24(21)31(22)14-10-25/h2-9,11-13,15H,10,14,16H2,1H3/i25-1. The quantitative estimate of drug-likeness (QED) is 0.384. The maximum atomic E-state index is 13.1. The Morgan fingerprint density at radius 1 is 0.969 bits per heavy atom. The van der Waals surface area contributed by atoms with Crippen LogP contribution in [-0.4, -0.2) is 36.0 Å². The lowest BCUT2D eigenvalue weighted by Crippen LogP contribution is -2.09. The minimum Gasteiger partial charge on any atom is -0.486 e. The van der Waals surface area contributed by atoms with Crippen LogP contribution in [0.4, 0.5) is 4.39 Å². The van der Waals surface area contributed by atoms with Crippen LogP contribution in [-0.2, 0) is 20.2 Å². The maximum Gasteiger partial charge on any atom is 0.160 e. The lowest BCUT2D eigenvalue weighted by atomic mass is 10.0. The molecule has 0 aliphatic heterocycles. The molecule has 4 heterocycles. The molecule has 5 aromatic rings. The molecule has 5 rings (SSSR count). The predicted molar refractivity (Wildman–Crippen MR) is 120 cm³/mol. The van der Waals surface area contributed by atoms with E-state index in [0.717, 1.165) is 27.9 Å². The third kappa shape index (κ3) is 3.82. The van der Waals surface area contributed by atoms with Gasteiger partial charge in [-0.2, -0.15) is 5.10 Å². The second kappa shape index (κ2) is 8.58. The Hall–Kier alpha value is -4.07. The smallest absolute Gasteiger partial charge is 0.160 e. The van der Waals surface area contributed by atoms with Crippen LogP contribution >= 0.6 is 0 Å². The van der Waals surface area contributed by atoms with Gasteiger partial charge in [-0.05, 0) is 54.1 Å². The third-order valence-corrected chi connectivity index (χ3v) is 5.21. The number of ether oxygens (including phenoxy) is 1. The average Bonchev–Trinajstić information content (AvgIpc) is 3.39. The van der Waals surface area contributed by atoms with Gasteiger partial charge in [-0.3, -0.25) is 9.67 Å². The Labute approximate surface area is 184 Å². The van der Waals surface area contributed by atoms with Crippen molar-refractivity contribution in [3.8, 4) is 28.1 Å². The fourth-order valence-electron chi connectivity index (χ4n) is 3.74. The van der Waals surface area contributed by atoms with Crippen molar-refractivity contribution in [2.75, 3.05) is 6.67 Å². The van der Waals surface area contributed by atoms with Crippen LogP contribution in [0.25, 0.3) is 33.5 Å². The number of fused-ring (bicyclic) bond motifs is 1. The van der Waals surface area contributed by atoms with E-state index >= 15 is 0 Å². The first-order chi connectivity index (χ1) is 15.7. The van der Waals surface area contributed by atoms with E-state index in [9.17, 15) is 4.39 Å². The van der Waals surface area contributed by atoms with Crippen LogP contribution in [0.1, 0.15) is 5.82 Å². The number of hydrogen-bond donors (Lipinski definition) is 0. The van der Waals surface area contributed by atoms with Crippen molar-refractivity contribution in [2.45, 2.75) is 13.2 Å². The van der Waals surface area contributed by atoms with Crippen molar-refractivity contribution in [1.29, 1.82) is 0 Å². The van der Waals surface area contributed by atoms with Gasteiger partial charge in [0.1, 0.15) is 36.1 Å². The number of alkyl halides is 1. The molecule has 32 heavy (non-hydrogen) atoms. The highest BCUT2D eigenvalue weighted by molar-refractivity contribution is 5.80. The zero-order valence-electron chi connectivity index (χ0n) is 17.5. The Balaban J connectivity index is 1.37. The monoisotopic (exact) mass is 427 g/mol. The minimum absolute atomic E-state index is 0.197. The molecule has 0 unspecified atom stereocenters. The van der Waals surface area contributed by atoms with Crippen molar-refractivity contribution < 1.29 is 9.13 Å². The molecular formula is C24H21FN6O. The molecule has 0 amide bonds. The van der Waals surface area contributed by atoms with Crippen LogP contribution in [0.15, 0.2) is 73.3 Å². The van der Waals surface area contributed by atoms with Crippen molar-refractivity contribution in [2.24, 2.45) is 7.05 Å². The highest BCUT2D eigenvalue weighted by Crippen LogP contribution is 2.31. The summed E-state index contributed by atoms with van der Waals surface area (Å²) in [6.07, 6.45) is 7.22. The van der Waals surface area contributed by atoms with Gasteiger partial charge in [0.15, 0.2) is 5.65 Å². The SMILES string of the molecule is Cn1cc(-c2ccncc2)c(-c2ccc(OCc3nc4cccnc4n3CC[18F])cc2)n1. The molecule has 0 N–H and O–H groups in total. The summed E-state index contributed by atoms with van der Waals surface area (Å²) >= 11 is 0. The van der Waals surface area contributed by atoms with Gasteiger partial charge >= 0.3 is 0 Å². The molecule has 0 bridgehead atoms. The first kappa shape index (κ1) is 19.9. The number of hydrogen-bond acceptors (Lipinski definition) is 5. The van der Waals surface area contributed by atoms with Gasteiger partial charge in [0, 0.05) is 43.0 Å². The van der Waals surface area contributed by atoms with Gasteiger partial charge in [0.25, 0.3) is 0 Å². The van der Waals surface area contributed by atoms with Gasteiger partial charge < -0.3 is 9.30 Å². The van der Waals surface area contributed by atoms with Gasteiger partial charge in [-0.25, -0.2) is 14.4 Å². The molecule has 7 nitrogen and oxygen atoms in total. The molecule has 0 saturated carbocycles. The summed E-state index contributed by atoms with van der Waals surface area (Å²) in [7, 11) is 1.91. The molecule has 0 radical (unpaired) electrons. The summed E-state index contributed by atoms with van der Waals surface area (Å²) in [5.74, 6) is 1.34. The van der Waals surface area contributed by atoms with Crippen LogP contribution in [0, 0.1) is 0 Å². The van der Waals surface area contributed by atoms with E-state index in [0.29, 0.717) is 17.2 Å². The normalized spacial score (nSPS) is 11.2. The lowest BCUT2D eigenvalue weighted by molar-refractivity contribution is 0.287. The summed E-state index contributed by atoms with van der Waals surface area (Å²) < 4.78 is 22.6. The Bertz CT molecular complexity index is 1340. The van der Waals surface area contributed by atoms with Gasteiger partial charge in [0.2, 0.25) is 0 Å². The van der Waals surface area contributed by atoms with E-state index in [-0.39, 0.29) is 13.2 Å². The minimum atomic E-state index is -0.492. The topological polar surface area (TPSA) is 70.7 Å². The van der Waals surface area contributed by atoms with E-state index in [1.54, 1.807) is 27.8 Å². The molecular weight excluding hydrogens is 406 g/mol. The number of rotatable bonds is 7. The summed E-state index contributed by atoms with van der Waals surface area (Å²) in [5.41, 5.74) is 5.37. The zero-order chi connectivity index (χ0) is 21.9. The highest BCUT2D eigenvalue weighted by atomic mass is 18.2. The van der Waals surface area contributed by atoms with Crippen LogP contribution in [0.3, 0.4) is 0 Å². The number of aromatic nitrogens is 6. The van der Waals surface area contributed by atoms with Crippen molar-refractivity contribution in [3.05, 3.63) is 79.1 Å². The molecule has 0 aliphatic carbocycles. The Kier molecular flexibility index (Phi) is 5.33. The summed E-state index contributed by atoms with van der Waals surface area (Å²) in [5, 5.41) is 4.64. The van der Waals surface area contributed by atoms with E-state index in [4.69, 9.17) is 4.74 Å². The Morgan fingerprint density at radius 2 is 1.78 bits per heavy atom. The van der Waals surface area contributed by atoms with Gasteiger partial charge in [0.05, 0.1) is 6.54 Å². The zero-order valence-corrected chi connectivity index (χ0v) is 17.5. The van der Waals surface area contributed by atoms with Crippen LogP contribution in [0.5, 0.6) is 5.75 Å². The fraction of sp³-hybridized carbons (Fsp3) is 0.167. The third-order valence-electron chi connectivity index (χ3n) is 5.21. The second-order valence-corrected chi connectivity index (χ2v) is 7.33. The van der Waals surface area contributed by atoms with E-state index in [1.807, 2.05) is 61.8 Å². The van der Waals surface area contributed by atoms with Gasteiger partial charge in [-0.1, -0.05) is 0 Å². The lowest BCUT2D eigenvalue weighted by Gasteiger charge is -2.09. The largest absolute Gasteiger partial charge is 0.486 e. The molecule has 0 fully saturated rings. The predicted octanol–water partition coefficient (Wildman–Crippen LogP) is 4.44. The summed E-state index contributed by atoms with van der Waals surface area (Å²) in [4.78, 5) is 13.0. The number of imidazole rings is 1. The Morgan fingerprint density at radius 3 is 2.56 bits per heavy atom. The van der Waals surface area contributed by atoms with Gasteiger partial charge in [-0.15, -0.1) is 0 Å². The average molecular weight is 427 g/mol. The number of benzene rings is 1. The number of nitrogens with zero attached hydrogens (tertiary/aromatic N) is 6. The first-order valence-electron chi connectivity index (χ1n) is 10.3. The molecule has 160 valence electrons. The molecule has 4 aromatic heterocycles. The molecule has 0 saturated heterocycles. The van der Waals surface area contributed by atoms with E-state index < -0.39 is 6.67 Å². The van der Waals surface area contributed by atoms with Crippen molar-refractivity contribution in [1.82, 2.24) is 29.3 Å². The summed E-state index contributed by atoms with van der Waals surface area (Å²) in [6.45, 7) is -0.0716. The number of aryl methyl sites for hydroxylation is 2. The molecule has 0 spiro atoms. The van der Waals surface area contributed by atoms with Crippen LogP contribution in [0.2, 0.25) is 0 Å². The number of halogens is 1. The number of pyridine rings is 2. The maximum absolute atomic E-state index is 13.1. The van der Waals surface area contributed by atoms with Crippen molar-refractivity contribution >= 4 is 11.2 Å². The van der Waals surface area contributed by atoms with Crippen molar-refractivity contribution in [3.63, 3.8) is 0 Å². The molecule has 8 heteroatoms. The van der Waals surface area contributed by atoms with E-state index in [2.05, 4.69) is 20.1 Å². The van der Waals surface area contributed by atoms with E-state index in [1.165, 1.54) is 0 Å². The summed E-state index contributed by atoms with van der Waals surface area (Å²) in [6, 6.07) is 15.4. The molecule has 1 aromatic carbocycles.